The topological polar surface area (TPSA) is 25.8 Å². The first-order valence-electron chi connectivity index (χ1n) is 14.1. The summed E-state index contributed by atoms with van der Waals surface area (Å²) in [6.07, 6.45) is 18.7. The lowest BCUT2D eigenvalue weighted by Gasteiger charge is -2.00. The van der Waals surface area contributed by atoms with Gasteiger partial charge in [0.15, 0.2) is 9.66 Å². The smallest absolute Gasteiger partial charge is 0.155 e. The Balaban J connectivity index is 1.35. The standard InChI is InChI=1S/C30H42N2S4/c1-5-7-9-11-13-15-17-23-19-25(33-21(23)3)27-31-29-30(35-27)32-28(36-29)26-20-24(22(4)34-26)18-16-14-12-10-8-6-2/h19-20H,5-18H2,1-4H3. The largest absolute Gasteiger partial charge is 0.222 e. The fraction of sp³-hybridized carbons (Fsp3) is 0.600. The monoisotopic (exact) mass is 558 g/mol. The Kier molecular flexibility index (Phi) is 11.0. The maximum Gasteiger partial charge on any atom is 0.155 e. The third kappa shape index (κ3) is 7.49. The molecule has 0 aliphatic heterocycles. The Morgan fingerprint density at radius 3 is 1.33 bits per heavy atom. The molecule has 0 radical (unpaired) electrons. The van der Waals surface area contributed by atoms with Crippen LogP contribution in [-0.4, -0.2) is 9.97 Å². The Hall–Kier alpha value is -1.08. The molecule has 0 aliphatic rings. The van der Waals surface area contributed by atoms with E-state index in [0.717, 1.165) is 19.7 Å². The quantitative estimate of drug-likeness (QED) is 0.128. The molecule has 0 saturated heterocycles. The van der Waals surface area contributed by atoms with Crippen LogP contribution in [0.15, 0.2) is 12.1 Å². The Labute approximate surface area is 234 Å². The van der Waals surface area contributed by atoms with E-state index in [4.69, 9.17) is 9.97 Å². The molecule has 0 aliphatic carbocycles. The molecule has 0 spiro atoms. The van der Waals surface area contributed by atoms with E-state index in [9.17, 15) is 0 Å². The number of fused-ring (bicyclic) bond motifs is 1. The minimum absolute atomic E-state index is 1.09. The second kappa shape index (κ2) is 14.2. The molecule has 196 valence electrons. The highest BCUT2D eigenvalue weighted by molar-refractivity contribution is 7.32. The zero-order valence-corrected chi connectivity index (χ0v) is 25.8. The van der Waals surface area contributed by atoms with Crippen LogP contribution in [0.5, 0.6) is 0 Å². The van der Waals surface area contributed by atoms with Crippen LogP contribution >= 0.6 is 45.3 Å². The average Bonchev–Trinajstić information content (AvgIpc) is 3.61. The molecule has 4 aromatic heterocycles. The van der Waals surface area contributed by atoms with Crippen molar-refractivity contribution in [3.8, 4) is 19.8 Å². The van der Waals surface area contributed by atoms with Crippen LogP contribution < -0.4 is 0 Å². The summed E-state index contributed by atoms with van der Waals surface area (Å²) in [6, 6.07) is 4.79. The molecule has 0 unspecified atom stereocenters. The van der Waals surface area contributed by atoms with Crippen molar-refractivity contribution < 1.29 is 0 Å². The van der Waals surface area contributed by atoms with E-state index >= 15 is 0 Å². The van der Waals surface area contributed by atoms with Crippen molar-refractivity contribution in [2.45, 2.75) is 118 Å². The van der Waals surface area contributed by atoms with Gasteiger partial charge in [0.25, 0.3) is 0 Å². The lowest BCUT2D eigenvalue weighted by Crippen LogP contribution is -1.86. The summed E-state index contributed by atoms with van der Waals surface area (Å²) in [5.41, 5.74) is 3.04. The Morgan fingerprint density at radius 1 is 0.528 bits per heavy atom. The first-order valence-corrected chi connectivity index (χ1v) is 17.3. The second-order valence-corrected chi connectivity index (χ2v) is 14.5. The van der Waals surface area contributed by atoms with E-state index in [1.165, 1.54) is 121 Å². The number of aromatic nitrogens is 2. The van der Waals surface area contributed by atoms with Crippen molar-refractivity contribution in [1.82, 2.24) is 9.97 Å². The van der Waals surface area contributed by atoms with Crippen LogP contribution in [-0.2, 0) is 12.8 Å². The number of hydrogen-bond acceptors (Lipinski definition) is 6. The molecule has 6 heteroatoms. The van der Waals surface area contributed by atoms with E-state index in [1.54, 1.807) is 22.7 Å². The molecule has 0 amide bonds. The van der Waals surface area contributed by atoms with E-state index in [0.29, 0.717) is 0 Å². The fourth-order valence-electron chi connectivity index (χ4n) is 4.79. The highest BCUT2D eigenvalue weighted by Crippen LogP contribution is 2.41. The molecule has 0 N–H and O–H groups in total. The summed E-state index contributed by atoms with van der Waals surface area (Å²) in [7, 11) is 0. The normalized spacial score (nSPS) is 11.8. The zero-order valence-electron chi connectivity index (χ0n) is 22.6. The van der Waals surface area contributed by atoms with Gasteiger partial charge in [0.2, 0.25) is 0 Å². The number of thiophene rings is 2. The number of thiazole rings is 2. The van der Waals surface area contributed by atoms with Gasteiger partial charge in [-0.15, -0.1) is 22.7 Å². The molecular formula is C30H42N2S4. The van der Waals surface area contributed by atoms with Crippen LogP contribution in [0.2, 0.25) is 0 Å². The fourth-order valence-corrected chi connectivity index (χ4v) is 9.07. The molecule has 0 bridgehead atoms. The van der Waals surface area contributed by atoms with Gasteiger partial charge in [-0.05, 0) is 62.8 Å². The third-order valence-corrected chi connectivity index (χ3v) is 11.6. The summed E-state index contributed by atoms with van der Waals surface area (Å²) in [6.45, 7) is 9.11. The van der Waals surface area contributed by atoms with Gasteiger partial charge in [0, 0.05) is 9.75 Å². The van der Waals surface area contributed by atoms with Crippen LogP contribution in [0, 0.1) is 13.8 Å². The van der Waals surface area contributed by atoms with Gasteiger partial charge in [-0.25, -0.2) is 9.97 Å². The molecule has 36 heavy (non-hydrogen) atoms. The molecule has 4 rings (SSSR count). The van der Waals surface area contributed by atoms with Gasteiger partial charge in [0.1, 0.15) is 10.0 Å². The van der Waals surface area contributed by atoms with Crippen molar-refractivity contribution in [1.29, 1.82) is 0 Å². The zero-order chi connectivity index (χ0) is 25.3. The summed E-state index contributed by atoms with van der Waals surface area (Å²) in [5, 5.41) is 2.28. The second-order valence-electron chi connectivity index (χ2n) is 10.1. The van der Waals surface area contributed by atoms with Crippen molar-refractivity contribution in [3.05, 3.63) is 33.0 Å². The SMILES string of the molecule is CCCCCCCCc1cc(-c2nc3sc(-c4cc(CCCCCCCC)c(C)s4)nc3s2)sc1C. The predicted octanol–water partition coefficient (Wildman–Crippen LogP) is 11.6. The van der Waals surface area contributed by atoms with Gasteiger partial charge < -0.3 is 0 Å². The van der Waals surface area contributed by atoms with Crippen molar-refractivity contribution in [3.63, 3.8) is 0 Å². The summed E-state index contributed by atoms with van der Waals surface area (Å²) in [5.74, 6) is 0. The minimum atomic E-state index is 1.09. The number of unbranched alkanes of at least 4 members (excludes halogenated alkanes) is 10. The molecule has 0 fully saturated rings. The summed E-state index contributed by atoms with van der Waals surface area (Å²) >= 11 is 7.33. The molecule has 0 aromatic carbocycles. The maximum atomic E-state index is 5.02. The van der Waals surface area contributed by atoms with Crippen molar-refractivity contribution in [2.24, 2.45) is 0 Å². The number of rotatable bonds is 16. The first-order chi connectivity index (χ1) is 17.6. The Morgan fingerprint density at radius 2 is 0.917 bits per heavy atom. The third-order valence-electron chi connectivity index (χ3n) is 7.04. The molecule has 2 nitrogen and oxygen atoms in total. The molecule has 4 heterocycles. The van der Waals surface area contributed by atoms with Crippen LogP contribution in [0.25, 0.3) is 29.4 Å². The lowest BCUT2D eigenvalue weighted by atomic mass is 10.1. The minimum Gasteiger partial charge on any atom is -0.222 e. The molecule has 0 atom stereocenters. The van der Waals surface area contributed by atoms with Crippen molar-refractivity contribution in [2.75, 3.05) is 0 Å². The van der Waals surface area contributed by atoms with Crippen molar-refractivity contribution >= 4 is 55.0 Å². The van der Waals surface area contributed by atoms with E-state index in [2.05, 4.69) is 39.8 Å². The van der Waals surface area contributed by atoms with Gasteiger partial charge in [-0.1, -0.05) is 101 Å². The summed E-state index contributed by atoms with van der Waals surface area (Å²) < 4.78 is 0. The molecule has 4 aromatic rings. The van der Waals surface area contributed by atoms with Crippen LogP contribution in [0.3, 0.4) is 0 Å². The molecular weight excluding hydrogens is 517 g/mol. The van der Waals surface area contributed by atoms with Gasteiger partial charge in [0.05, 0.1) is 9.75 Å². The number of aryl methyl sites for hydroxylation is 4. The molecule has 0 saturated carbocycles. The number of nitrogens with zero attached hydrogens (tertiary/aromatic N) is 2. The average molecular weight is 559 g/mol. The van der Waals surface area contributed by atoms with Crippen LogP contribution in [0.4, 0.5) is 0 Å². The highest BCUT2D eigenvalue weighted by atomic mass is 32.1. The van der Waals surface area contributed by atoms with Gasteiger partial charge >= 0.3 is 0 Å². The van der Waals surface area contributed by atoms with Gasteiger partial charge in [-0.2, -0.15) is 0 Å². The first kappa shape index (κ1) is 27.9. The summed E-state index contributed by atoms with van der Waals surface area (Å²) in [4.78, 5) is 17.8. The van der Waals surface area contributed by atoms with E-state index in [1.807, 2.05) is 22.7 Å². The van der Waals surface area contributed by atoms with E-state index < -0.39 is 0 Å². The van der Waals surface area contributed by atoms with Gasteiger partial charge in [-0.3, -0.25) is 0 Å². The lowest BCUT2D eigenvalue weighted by molar-refractivity contribution is 0.607. The van der Waals surface area contributed by atoms with E-state index in [-0.39, 0.29) is 0 Å². The number of hydrogen-bond donors (Lipinski definition) is 0. The Bertz CT molecular complexity index is 1090. The highest BCUT2D eigenvalue weighted by Gasteiger charge is 2.17. The maximum absolute atomic E-state index is 5.02. The van der Waals surface area contributed by atoms with Crippen LogP contribution in [0.1, 0.15) is 112 Å². The predicted molar refractivity (Wildman–Crippen MR) is 166 cm³/mol.